The van der Waals surface area contributed by atoms with Crippen LogP contribution >= 0.6 is 0 Å². The van der Waals surface area contributed by atoms with Crippen LogP contribution in [0.25, 0.3) is 11.3 Å². The van der Waals surface area contributed by atoms with E-state index < -0.39 is 0 Å². The van der Waals surface area contributed by atoms with Gasteiger partial charge in [-0.15, -0.1) is 0 Å². The highest BCUT2D eigenvalue weighted by atomic mass is 16.5. The Balaban J connectivity index is 1.43. The zero-order chi connectivity index (χ0) is 17.8. The molecular weight excluding hydrogens is 328 g/mol. The van der Waals surface area contributed by atoms with Gasteiger partial charge in [0.2, 0.25) is 5.76 Å². The molecule has 0 unspecified atom stereocenters. The van der Waals surface area contributed by atoms with E-state index in [0.717, 1.165) is 11.1 Å². The molecule has 0 saturated carbocycles. The Morgan fingerprint density at radius 3 is 2.54 bits per heavy atom. The second kappa shape index (κ2) is 7.06. The number of hydrogen-bond acceptors (Lipinski definition) is 4. The summed E-state index contributed by atoms with van der Waals surface area (Å²) in [5.41, 5.74) is 3.25. The second-order valence-corrected chi connectivity index (χ2v) is 5.81. The summed E-state index contributed by atoms with van der Waals surface area (Å²) < 4.78 is 6.93. The molecule has 0 fully saturated rings. The van der Waals surface area contributed by atoms with E-state index >= 15 is 0 Å². The van der Waals surface area contributed by atoms with Crippen molar-refractivity contribution in [3.05, 3.63) is 90.4 Å². The molecule has 0 aliphatic rings. The fourth-order valence-electron chi connectivity index (χ4n) is 2.60. The van der Waals surface area contributed by atoms with Gasteiger partial charge in [-0.2, -0.15) is 5.10 Å². The van der Waals surface area contributed by atoms with Gasteiger partial charge in [-0.3, -0.25) is 9.48 Å². The maximum absolute atomic E-state index is 12.3. The van der Waals surface area contributed by atoms with Crippen LogP contribution in [-0.2, 0) is 6.54 Å². The van der Waals surface area contributed by atoms with Crippen LogP contribution in [-0.4, -0.2) is 20.8 Å². The van der Waals surface area contributed by atoms with Gasteiger partial charge in [-0.1, -0.05) is 65.8 Å². The van der Waals surface area contributed by atoms with Crippen LogP contribution in [0.2, 0.25) is 0 Å². The van der Waals surface area contributed by atoms with Crippen molar-refractivity contribution in [2.24, 2.45) is 0 Å². The average Bonchev–Trinajstić information content (AvgIpc) is 3.33. The number of nitrogens with one attached hydrogen (secondary N) is 1. The molecule has 0 spiro atoms. The highest BCUT2D eigenvalue weighted by molar-refractivity contribution is 6.02. The zero-order valence-electron chi connectivity index (χ0n) is 13.9. The van der Waals surface area contributed by atoms with Crippen LogP contribution in [0, 0.1) is 0 Å². The molecule has 4 rings (SSSR count). The molecule has 0 saturated heterocycles. The van der Waals surface area contributed by atoms with E-state index in [0.29, 0.717) is 17.9 Å². The highest BCUT2D eigenvalue weighted by Crippen LogP contribution is 2.19. The Bertz CT molecular complexity index is 1010. The van der Waals surface area contributed by atoms with Crippen LogP contribution in [0.5, 0.6) is 0 Å². The maximum atomic E-state index is 12.3. The summed E-state index contributed by atoms with van der Waals surface area (Å²) in [5.74, 6) is -0.210. The van der Waals surface area contributed by atoms with E-state index in [-0.39, 0.29) is 11.7 Å². The largest absolute Gasteiger partial charge is 0.350 e. The predicted molar refractivity (Wildman–Crippen MR) is 97.7 cm³/mol. The zero-order valence-corrected chi connectivity index (χ0v) is 13.9. The molecule has 1 amide bonds. The van der Waals surface area contributed by atoms with Crippen molar-refractivity contribution < 1.29 is 9.32 Å². The smallest absolute Gasteiger partial charge is 0.294 e. The lowest BCUT2D eigenvalue weighted by Crippen LogP contribution is -2.10. The minimum Gasteiger partial charge on any atom is -0.350 e. The molecule has 0 radical (unpaired) electrons. The molecule has 1 N–H and O–H groups in total. The van der Waals surface area contributed by atoms with Gasteiger partial charge in [0.15, 0.2) is 0 Å². The molecule has 0 aliphatic carbocycles. The fourth-order valence-corrected chi connectivity index (χ4v) is 2.60. The van der Waals surface area contributed by atoms with Gasteiger partial charge in [0.05, 0.1) is 18.4 Å². The van der Waals surface area contributed by atoms with Crippen LogP contribution in [0.3, 0.4) is 0 Å². The summed E-state index contributed by atoms with van der Waals surface area (Å²) in [5, 5.41) is 11.0. The van der Waals surface area contributed by atoms with Gasteiger partial charge >= 0.3 is 0 Å². The summed E-state index contributed by atoms with van der Waals surface area (Å²) >= 11 is 0. The molecule has 26 heavy (non-hydrogen) atoms. The monoisotopic (exact) mass is 344 g/mol. The van der Waals surface area contributed by atoms with Gasteiger partial charge in [-0.05, 0) is 5.56 Å². The van der Waals surface area contributed by atoms with Crippen LogP contribution in [0.4, 0.5) is 5.69 Å². The van der Waals surface area contributed by atoms with Crippen LogP contribution in [0.15, 0.2) is 83.6 Å². The van der Waals surface area contributed by atoms with Crippen molar-refractivity contribution in [2.45, 2.75) is 6.54 Å². The lowest BCUT2D eigenvalue weighted by atomic mass is 10.1. The number of nitrogens with zero attached hydrogens (tertiary/aromatic N) is 3. The molecule has 2 aromatic heterocycles. The van der Waals surface area contributed by atoms with Crippen molar-refractivity contribution in [1.82, 2.24) is 14.9 Å². The van der Waals surface area contributed by atoms with Gasteiger partial charge in [-0.25, -0.2) is 0 Å². The number of amides is 1. The van der Waals surface area contributed by atoms with E-state index in [1.807, 2.05) is 60.7 Å². The Kier molecular flexibility index (Phi) is 4.30. The lowest BCUT2D eigenvalue weighted by Gasteiger charge is -2.01. The van der Waals surface area contributed by atoms with E-state index in [1.165, 1.54) is 0 Å². The topological polar surface area (TPSA) is 73.0 Å². The first-order valence-corrected chi connectivity index (χ1v) is 8.18. The van der Waals surface area contributed by atoms with Crippen molar-refractivity contribution >= 4 is 11.6 Å². The Morgan fingerprint density at radius 2 is 1.77 bits per heavy atom. The first-order chi connectivity index (χ1) is 12.8. The Hall–Kier alpha value is -3.67. The highest BCUT2D eigenvalue weighted by Gasteiger charge is 2.15. The van der Waals surface area contributed by atoms with E-state index in [1.54, 1.807) is 23.1 Å². The van der Waals surface area contributed by atoms with E-state index in [2.05, 4.69) is 15.6 Å². The van der Waals surface area contributed by atoms with E-state index in [9.17, 15) is 4.79 Å². The van der Waals surface area contributed by atoms with Crippen molar-refractivity contribution in [3.8, 4) is 11.3 Å². The van der Waals surface area contributed by atoms with Crippen molar-refractivity contribution in [2.75, 3.05) is 5.32 Å². The molecule has 2 heterocycles. The summed E-state index contributed by atoms with van der Waals surface area (Å²) in [6.07, 6.45) is 3.38. The van der Waals surface area contributed by atoms with Crippen molar-refractivity contribution in [3.63, 3.8) is 0 Å². The maximum Gasteiger partial charge on any atom is 0.294 e. The normalized spacial score (nSPS) is 10.6. The number of carbonyl (C=O) groups excluding carboxylic acids is 1. The summed E-state index contributed by atoms with van der Waals surface area (Å²) in [4.78, 5) is 12.3. The molecule has 0 atom stereocenters. The lowest BCUT2D eigenvalue weighted by molar-refractivity contribution is 0.0988. The molecule has 0 bridgehead atoms. The van der Waals surface area contributed by atoms with Gasteiger partial charge in [0, 0.05) is 17.8 Å². The van der Waals surface area contributed by atoms with Gasteiger partial charge in [0.25, 0.3) is 5.91 Å². The van der Waals surface area contributed by atoms with Crippen LogP contribution < -0.4 is 5.32 Å². The molecule has 4 aromatic rings. The third-order valence-electron chi connectivity index (χ3n) is 3.88. The average molecular weight is 344 g/mol. The number of benzene rings is 2. The summed E-state index contributed by atoms with van der Waals surface area (Å²) in [6, 6.07) is 21.2. The fraction of sp³-hybridized carbons (Fsp3) is 0.0500. The first kappa shape index (κ1) is 15.8. The van der Waals surface area contributed by atoms with Gasteiger partial charge in [0.1, 0.15) is 5.69 Å². The number of hydrogen-bond donors (Lipinski definition) is 1. The quantitative estimate of drug-likeness (QED) is 0.597. The summed E-state index contributed by atoms with van der Waals surface area (Å²) in [7, 11) is 0. The molecule has 6 nitrogen and oxygen atoms in total. The number of carbonyl (C=O) groups is 1. The van der Waals surface area contributed by atoms with Crippen LogP contribution in [0.1, 0.15) is 16.1 Å². The standard InChI is InChI=1S/C20H16N4O2/c25-20(19-11-18(23-26-19)16-9-5-2-6-10-16)22-17-12-21-24(14-17)13-15-7-3-1-4-8-15/h1-12,14H,13H2,(H,22,25). The molecule has 128 valence electrons. The number of rotatable bonds is 5. The molecule has 0 aliphatic heterocycles. The number of anilines is 1. The SMILES string of the molecule is O=C(Nc1cnn(Cc2ccccc2)c1)c1cc(-c2ccccc2)no1. The second-order valence-electron chi connectivity index (χ2n) is 5.81. The molecular formula is C20H16N4O2. The Morgan fingerprint density at radius 1 is 1.04 bits per heavy atom. The molecule has 6 heteroatoms. The minimum atomic E-state index is -0.362. The third kappa shape index (κ3) is 3.54. The predicted octanol–water partition coefficient (Wildman–Crippen LogP) is 3.84. The van der Waals surface area contributed by atoms with Crippen molar-refractivity contribution in [1.29, 1.82) is 0 Å². The first-order valence-electron chi connectivity index (χ1n) is 8.18. The molecule has 2 aromatic carbocycles. The minimum absolute atomic E-state index is 0.152. The Labute approximate surface area is 150 Å². The summed E-state index contributed by atoms with van der Waals surface area (Å²) in [6.45, 7) is 0.636. The number of aromatic nitrogens is 3. The van der Waals surface area contributed by atoms with Gasteiger partial charge < -0.3 is 9.84 Å². The third-order valence-corrected chi connectivity index (χ3v) is 3.88. The van der Waals surface area contributed by atoms with E-state index in [4.69, 9.17) is 4.52 Å².